The highest BCUT2D eigenvalue weighted by Gasteiger charge is 2.43. The van der Waals surface area contributed by atoms with Gasteiger partial charge < -0.3 is 0 Å². The molecule has 1 fully saturated rings. The van der Waals surface area contributed by atoms with E-state index in [2.05, 4.69) is 4.72 Å². The van der Waals surface area contributed by atoms with E-state index in [9.17, 15) is 21.6 Å². The van der Waals surface area contributed by atoms with Gasteiger partial charge in [0.2, 0.25) is 10.0 Å². The minimum Gasteiger partial charge on any atom is -0.297 e. The summed E-state index contributed by atoms with van der Waals surface area (Å²) in [5, 5.41) is 9.37. The Kier molecular flexibility index (Phi) is 5.95. The van der Waals surface area contributed by atoms with Crippen LogP contribution in [0, 0.1) is 11.3 Å². The summed E-state index contributed by atoms with van der Waals surface area (Å²) in [5.74, 6) is 0. The van der Waals surface area contributed by atoms with Crippen LogP contribution < -0.4 is 4.72 Å². The third-order valence-electron chi connectivity index (χ3n) is 4.70. The molecule has 29 heavy (non-hydrogen) atoms. The molecule has 0 aliphatic carbocycles. The van der Waals surface area contributed by atoms with Gasteiger partial charge >= 0.3 is 6.18 Å². The molecule has 2 atom stereocenters. The van der Waals surface area contributed by atoms with Gasteiger partial charge in [0.25, 0.3) is 0 Å². The van der Waals surface area contributed by atoms with E-state index in [-0.39, 0.29) is 18.7 Å². The molecule has 0 bridgehead atoms. The van der Waals surface area contributed by atoms with Crippen LogP contribution in [0.4, 0.5) is 13.2 Å². The highest BCUT2D eigenvalue weighted by Crippen LogP contribution is 2.34. The van der Waals surface area contributed by atoms with E-state index in [1.165, 1.54) is 17.2 Å². The standard InChI is InChI=1S/C19H18F3N3O3S/c1-25-18(15-7-5-13(10-23)6-8-15)17(12-28-25)29(26,27)24-11-14-3-2-4-16(9-14)19(20,21)22/h2-9,17-18,24H,11-12H2,1H3/t17-,18-/m0/s1. The second kappa shape index (κ2) is 8.12. The fourth-order valence-electron chi connectivity index (χ4n) is 3.18. The molecule has 3 rings (SSSR count). The van der Waals surface area contributed by atoms with Gasteiger partial charge in [-0.05, 0) is 29.3 Å². The van der Waals surface area contributed by atoms with Crippen LogP contribution in [-0.2, 0) is 27.6 Å². The molecule has 10 heteroatoms. The lowest BCUT2D eigenvalue weighted by atomic mass is 10.0. The number of rotatable bonds is 5. The monoisotopic (exact) mass is 425 g/mol. The quantitative estimate of drug-likeness (QED) is 0.797. The molecule has 0 spiro atoms. The van der Waals surface area contributed by atoms with Gasteiger partial charge in [-0.1, -0.05) is 30.3 Å². The highest BCUT2D eigenvalue weighted by atomic mass is 32.2. The molecule has 0 aromatic heterocycles. The summed E-state index contributed by atoms with van der Waals surface area (Å²) in [6.45, 7) is -0.369. The summed E-state index contributed by atoms with van der Waals surface area (Å²) in [6.07, 6.45) is -4.50. The zero-order chi connectivity index (χ0) is 21.2. The van der Waals surface area contributed by atoms with Crippen molar-refractivity contribution >= 4 is 10.0 Å². The second-order valence-corrected chi connectivity index (χ2v) is 8.61. The molecule has 1 N–H and O–H groups in total. The molecular weight excluding hydrogens is 407 g/mol. The first-order valence-electron chi connectivity index (χ1n) is 8.62. The van der Waals surface area contributed by atoms with E-state index in [0.717, 1.165) is 12.1 Å². The van der Waals surface area contributed by atoms with Crippen molar-refractivity contribution < 1.29 is 26.4 Å². The summed E-state index contributed by atoms with van der Waals surface area (Å²) in [5.41, 5.74) is 0.454. The summed E-state index contributed by atoms with van der Waals surface area (Å²) in [7, 11) is -2.31. The molecule has 1 heterocycles. The van der Waals surface area contributed by atoms with Gasteiger partial charge in [0.05, 0.1) is 29.8 Å². The Hall–Kier alpha value is -2.45. The lowest BCUT2D eigenvalue weighted by Gasteiger charge is -2.23. The van der Waals surface area contributed by atoms with Crippen LogP contribution in [0.25, 0.3) is 0 Å². The van der Waals surface area contributed by atoms with Crippen LogP contribution in [0.15, 0.2) is 48.5 Å². The maximum atomic E-state index is 12.8. The van der Waals surface area contributed by atoms with E-state index in [4.69, 9.17) is 10.1 Å². The Labute approximate surface area is 166 Å². The molecule has 0 amide bonds. The molecule has 0 radical (unpaired) electrons. The number of halogens is 3. The number of nitrogens with zero attached hydrogens (tertiary/aromatic N) is 2. The van der Waals surface area contributed by atoms with Gasteiger partial charge in [-0.15, -0.1) is 0 Å². The first-order valence-corrected chi connectivity index (χ1v) is 10.2. The van der Waals surface area contributed by atoms with Gasteiger partial charge in [0.1, 0.15) is 5.25 Å². The number of nitrogens with one attached hydrogen (secondary N) is 1. The topological polar surface area (TPSA) is 82.4 Å². The number of alkyl halides is 3. The molecule has 2 aromatic rings. The predicted octanol–water partition coefficient (Wildman–Crippen LogP) is 2.98. The van der Waals surface area contributed by atoms with Crippen LogP contribution in [0.2, 0.25) is 0 Å². The van der Waals surface area contributed by atoms with E-state index in [0.29, 0.717) is 11.1 Å². The van der Waals surface area contributed by atoms with Crippen LogP contribution in [0.3, 0.4) is 0 Å². The lowest BCUT2D eigenvalue weighted by molar-refractivity contribution is -0.137. The van der Waals surface area contributed by atoms with Gasteiger partial charge in [0.15, 0.2) is 0 Å². The van der Waals surface area contributed by atoms with Crippen molar-refractivity contribution in [3.05, 3.63) is 70.8 Å². The van der Waals surface area contributed by atoms with Crippen molar-refractivity contribution in [2.45, 2.75) is 24.0 Å². The van der Waals surface area contributed by atoms with Gasteiger partial charge in [-0.2, -0.15) is 23.5 Å². The molecule has 1 aliphatic heterocycles. The number of nitriles is 1. The molecule has 1 aliphatic rings. The smallest absolute Gasteiger partial charge is 0.297 e. The number of hydrogen-bond acceptors (Lipinski definition) is 5. The van der Waals surface area contributed by atoms with E-state index in [1.807, 2.05) is 6.07 Å². The summed E-state index contributed by atoms with van der Waals surface area (Å²) in [6, 6.07) is 12.4. The molecule has 6 nitrogen and oxygen atoms in total. The van der Waals surface area contributed by atoms with Crippen LogP contribution in [0.1, 0.15) is 28.3 Å². The van der Waals surface area contributed by atoms with Crippen molar-refractivity contribution in [3.8, 4) is 6.07 Å². The van der Waals surface area contributed by atoms with Crippen LogP contribution in [0.5, 0.6) is 0 Å². The zero-order valence-corrected chi connectivity index (χ0v) is 16.2. The van der Waals surface area contributed by atoms with Crippen LogP contribution in [-0.4, -0.2) is 32.4 Å². The van der Waals surface area contributed by atoms with Crippen molar-refractivity contribution in [2.75, 3.05) is 13.7 Å². The highest BCUT2D eigenvalue weighted by molar-refractivity contribution is 7.90. The first kappa shape index (κ1) is 21.3. The Morgan fingerprint density at radius 3 is 2.55 bits per heavy atom. The number of hydrogen-bond donors (Lipinski definition) is 1. The fourth-order valence-corrected chi connectivity index (χ4v) is 4.67. The molecule has 2 aromatic carbocycles. The largest absolute Gasteiger partial charge is 0.416 e. The zero-order valence-electron chi connectivity index (χ0n) is 15.3. The summed E-state index contributed by atoms with van der Waals surface area (Å²) < 4.78 is 66.6. The first-order chi connectivity index (χ1) is 13.6. The van der Waals surface area contributed by atoms with E-state index in [1.54, 1.807) is 31.3 Å². The Morgan fingerprint density at radius 1 is 1.24 bits per heavy atom. The Bertz CT molecular complexity index is 1020. The third kappa shape index (κ3) is 4.76. The van der Waals surface area contributed by atoms with Crippen molar-refractivity contribution in [1.29, 1.82) is 5.26 Å². The average Bonchev–Trinajstić information content (AvgIpc) is 3.08. The SMILES string of the molecule is CN1OC[C@H](S(=O)(=O)NCc2cccc(C(F)(F)F)c2)[C@@H]1c1ccc(C#N)cc1. The van der Waals surface area contributed by atoms with Gasteiger partial charge in [-0.25, -0.2) is 13.1 Å². The minimum absolute atomic E-state index is 0.0981. The summed E-state index contributed by atoms with van der Waals surface area (Å²) >= 11 is 0. The fraction of sp³-hybridized carbons (Fsp3) is 0.316. The third-order valence-corrected chi connectivity index (χ3v) is 6.44. The second-order valence-electron chi connectivity index (χ2n) is 6.62. The van der Waals surface area contributed by atoms with E-state index >= 15 is 0 Å². The Morgan fingerprint density at radius 2 is 1.93 bits per heavy atom. The van der Waals surface area contributed by atoms with Crippen molar-refractivity contribution in [1.82, 2.24) is 9.79 Å². The molecule has 154 valence electrons. The van der Waals surface area contributed by atoms with Gasteiger partial charge in [0, 0.05) is 13.6 Å². The number of benzene rings is 2. The molecule has 0 saturated carbocycles. The number of sulfonamides is 1. The Balaban J connectivity index is 1.78. The maximum Gasteiger partial charge on any atom is 0.416 e. The summed E-state index contributed by atoms with van der Waals surface area (Å²) in [4.78, 5) is 5.39. The van der Waals surface area contributed by atoms with Gasteiger partial charge in [-0.3, -0.25) is 4.84 Å². The van der Waals surface area contributed by atoms with E-state index < -0.39 is 33.1 Å². The molecule has 0 unspecified atom stereocenters. The molecular formula is C19H18F3N3O3S. The normalized spacial score (nSPS) is 20.5. The minimum atomic E-state index is -4.50. The predicted molar refractivity (Wildman–Crippen MR) is 98.6 cm³/mol. The van der Waals surface area contributed by atoms with Crippen molar-refractivity contribution in [3.63, 3.8) is 0 Å². The lowest BCUT2D eigenvalue weighted by Crippen LogP contribution is -2.39. The van der Waals surface area contributed by atoms with Crippen molar-refractivity contribution in [2.24, 2.45) is 0 Å². The molecule has 1 saturated heterocycles. The number of hydroxylamine groups is 2. The average molecular weight is 425 g/mol. The van der Waals surface area contributed by atoms with Crippen LogP contribution >= 0.6 is 0 Å². The maximum absolute atomic E-state index is 12.8.